The van der Waals surface area contributed by atoms with Gasteiger partial charge in [-0.25, -0.2) is 4.98 Å². The second-order valence-electron chi connectivity index (χ2n) is 6.71. The lowest BCUT2D eigenvalue weighted by Crippen LogP contribution is -2.27. The number of Topliss-reactive ketones (excluding diaryl/α,β-unsaturated/α-hetero) is 1. The average Bonchev–Trinajstić information content (AvgIpc) is 3.25. The van der Waals surface area contributed by atoms with Gasteiger partial charge in [0.25, 0.3) is 0 Å². The van der Waals surface area contributed by atoms with E-state index in [1.807, 2.05) is 5.38 Å². The van der Waals surface area contributed by atoms with Crippen LogP contribution in [0, 0.1) is 0 Å². The molecule has 1 atom stereocenters. The van der Waals surface area contributed by atoms with Gasteiger partial charge in [-0.1, -0.05) is 11.6 Å². The Balaban J connectivity index is 1.81. The third-order valence-electron chi connectivity index (χ3n) is 4.67. The van der Waals surface area contributed by atoms with Crippen LogP contribution < -0.4 is 14.9 Å². The molecule has 0 N–H and O–H groups in total. The van der Waals surface area contributed by atoms with Crippen molar-refractivity contribution in [1.29, 1.82) is 0 Å². The van der Waals surface area contributed by atoms with Gasteiger partial charge in [-0.05, 0) is 13.0 Å². The van der Waals surface area contributed by atoms with Crippen molar-refractivity contribution in [2.75, 3.05) is 20.3 Å². The summed E-state index contributed by atoms with van der Waals surface area (Å²) in [5.41, 5.74) is 0.982. The van der Waals surface area contributed by atoms with E-state index >= 15 is 0 Å². The Hall–Kier alpha value is -2.68. The molecule has 1 unspecified atom stereocenters. The van der Waals surface area contributed by atoms with Crippen molar-refractivity contribution >= 4 is 28.7 Å². The molecule has 1 aromatic carbocycles. The maximum absolute atomic E-state index is 12.5. The van der Waals surface area contributed by atoms with Crippen molar-refractivity contribution in [1.82, 2.24) is 9.55 Å². The highest BCUT2D eigenvalue weighted by atomic mass is 35.5. The van der Waals surface area contributed by atoms with Gasteiger partial charge < -0.3 is 18.8 Å². The van der Waals surface area contributed by atoms with E-state index in [2.05, 4.69) is 4.98 Å². The molecule has 0 spiro atoms. The Morgan fingerprint density at radius 3 is 2.87 bits per heavy atom. The van der Waals surface area contributed by atoms with E-state index in [1.165, 1.54) is 30.5 Å². The van der Waals surface area contributed by atoms with Crippen LogP contribution >= 0.6 is 22.9 Å². The zero-order valence-corrected chi connectivity index (χ0v) is 18.0. The van der Waals surface area contributed by atoms with Crippen LogP contribution in [0.5, 0.6) is 11.5 Å². The van der Waals surface area contributed by atoms with E-state index < -0.39 is 6.23 Å². The molecule has 3 aromatic rings. The number of carbonyl (C=O) groups is 1. The molecule has 0 radical (unpaired) electrons. The van der Waals surface area contributed by atoms with Crippen LogP contribution in [-0.2, 0) is 4.74 Å². The molecule has 0 bridgehead atoms. The summed E-state index contributed by atoms with van der Waals surface area (Å²) in [6.45, 7) is 2.39. The Morgan fingerprint density at radius 1 is 1.33 bits per heavy atom. The molecule has 9 heteroatoms. The molecule has 0 fully saturated rings. The third-order valence-corrected chi connectivity index (χ3v) is 5.77. The predicted octanol–water partition coefficient (Wildman–Crippen LogP) is 4.18. The number of methoxy groups -OCH3 is 1. The number of carbonyl (C=O) groups excluding carboxylic acids is 1. The fraction of sp³-hybridized carbons (Fsp3) is 0.286. The number of fused-ring (bicyclic) bond motifs is 3. The van der Waals surface area contributed by atoms with Crippen molar-refractivity contribution in [2.24, 2.45) is 0 Å². The minimum atomic E-state index is -0.617. The van der Waals surface area contributed by atoms with Crippen LogP contribution in [0.15, 0.2) is 40.8 Å². The van der Waals surface area contributed by atoms with Gasteiger partial charge in [-0.15, -0.1) is 11.3 Å². The summed E-state index contributed by atoms with van der Waals surface area (Å²) in [7, 11) is 1.63. The number of hydrogen-bond donors (Lipinski definition) is 0. The number of benzene rings is 1. The molecule has 7 nitrogen and oxygen atoms in total. The molecule has 4 rings (SSSR count). The number of aromatic nitrogens is 2. The van der Waals surface area contributed by atoms with Crippen LogP contribution in [0.25, 0.3) is 11.3 Å². The number of hydrogen-bond acceptors (Lipinski definition) is 7. The zero-order chi connectivity index (χ0) is 21.3. The van der Waals surface area contributed by atoms with Crippen molar-refractivity contribution in [3.63, 3.8) is 0 Å². The number of ketones is 1. The fourth-order valence-electron chi connectivity index (χ4n) is 3.26. The van der Waals surface area contributed by atoms with E-state index in [4.69, 9.17) is 25.8 Å². The van der Waals surface area contributed by atoms with Gasteiger partial charge in [-0.3, -0.25) is 9.59 Å². The molecule has 156 valence electrons. The van der Waals surface area contributed by atoms with Crippen LogP contribution in [0.1, 0.15) is 34.9 Å². The summed E-state index contributed by atoms with van der Waals surface area (Å²) in [6.07, 6.45) is 3.31. The lowest BCUT2D eigenvalue weighted by molar-refractivity contribution is 0.101. The highest BCUT2D eigenvalue weighted by Gasteiger charge is 2.30. The largest absolute Gasteiger partial charge is 0.492 e. The minimum Gasteiger partial charge on any atom is -0.492 e. The van der Waals surface area contributed by atoms with Crippen molar-refractivity contribution in [2.45, 2.75) is 19.6 Å². The molecule has 1 aliphatic heterocycles. The lowest BCUT2D eigenvalue weighted by Gasteiger charge is -2.30. The highest BCUT2D eigenvalue weighted by molar-refractivity contribution is 7.09. The standard InChI is InChI=1S/C21H19ClN2O5S/c1-12(25)14-11-24-16(9-17(14)26)13-8-15(22)19(28-6-3-5-27-2)10-18(13)29-21(24)20-23-4-7-30-20/h4,7-11,21H,3,5-6H2,1-2H3. The van der Waals surface area contributed by atoms with E-state index in [-0.39, 0.29) is 16.8 Å². The molecule has 3 heterocycles. The van der Waals surface area contributed by atoms with Crippen LogP contribution in [0.4, 0.5) is 0 Å². The third kappa shape index (κ3) is 3.86. The van der Waals surface area contributed by atoms with E-state index in [9.17, 15) is 9.59 Å². The molecule has 0 saturated carbocycles. The Labute approximate surface area is 181 Å². The number of rotatable bonds is 7. The number of ether oxygens (including phenoxy) is 3. The van der Waals surface area contributed by atoms with Crippen LogP contribution in [-0.4, -0.2) is 35.7 Å². The Morgan fingerprint density at radius 2 is 2.17 bits per heavy atom. The second kappa shape index (κ2) is 8.59. The van der Waals surface area contributed by atoms with Crippen molar-refractivity contribution < 1.29 is 19.0 Å². The van der Waals surface area contributed by atoms with Gasteiger partial charge >= 0.3 is 0 Å². The maximum Gasteiger partial charge on any atom is 0.229 e. The summed E-state index contributed by atoms with van der Waals surface area (Å²) in [5, 5.41) is 2.93. The van der Waals surface area contributed by atoms with E-state index in [1.54, 1.807) is 30.0 Å². The first-order valence-electron chi connectivity index (χ1n) is 9.28. The summed E-state index contributed by atoms with van der Waals surface area (Å²) in [6, 6.07) is 4.87. The highest BCUT2D eigenvalue weighted by Crippen LogP contribution is 2.44. The summed E-state index contributed by atoms with van der Waals surface area (Å²) in [5.74, 6) is 0.703. The first-order chi connectivity index (χ1) is 14.5. The lowest BCUT2D eigenvalue weighted by atomic mass is 10.0. The number of thiazole rings is 1. The molecule has 2 aromatic heterocycles. The molecule has 0 aliphatic carbocycles. The fourth-order valence-corrected chi connectivity index (χ4v) is 4.13. The Kier molecular flexibility index (Phi) is 5.90. The second-order valence-corrected chi connectivity index (χ2v) is 8.05. The average molecular weight is 447 g/mol. The number of pyridine rings is 1. The van der Waals surface area contributed by atoms with Gasteiger partial charge in [0.15, 0.2) is 16.2 Å². The first kappa shape index (κ1) is 20.6. The molecule has 0 saturated heterocycles. The molecular weight excluding hydrogens is 428 g/mol. The molecular formula is C21H19ClN2O5S. The van der Waals surface area contributed by atoms with E-state index in [0.29, 0.717) is 46.0 Å². The van der Waals surface area contributed by atoms with Crippen molar-refractivity contribution in [3.8, 4) is 22.8 Å². The molecule has 1 aliphatic rings. The first-order valence-corrected chi connectivity index (χ1v) is 10.5. The number of halogens is 1. The Bertz CT molecular complexity index is 1140. The molecule has 30 heavy (non-hydrogen) atoms. The maximum atomic E-state index is 12.5. The van der Waals surface area contributed by atoms with Gasteiger partial charge in [0, 0.05) is 55.6 Å². The van der Waals surface area contributed by atoms with Gasteiger partial charge in [0.2, 0.25) is 6.23 Å². The molecule has 0 amide bonds. The number of nitrogens with zero attached hydrogens (tertiary/aromatic N) is 2. The SMILES string of the molecule is COCCCOc1cc2c(cc1Cl)-c1cc(=O)c(C(C)=O)cn1C(c1nccs1)O2. The van der Waals surface area contributed by atoms with Crippen LogP contribution in [0.3, 0.4) is 0 Å². The van der Waals surface area contributed by atoms with Crippen molar-refractivity contribution in [3.05, 3.63) is 61.8 Å². The normalized spacial score (nSPS) is 14.6. The topological polar surface area (TPSA) is 79.7 Å². The smallest absolute Gasteiger partial charge is 0.229 e. The summed E-state index contributed by atoms with van der Waals surface area (Å²) in [4.78, 5) is 28.8. The summed E-state index contributed by atoms with van der Waals surface area (Å²) >= 11 is 7.86. The van der Waals surface area contributed by atoms with Gasteiger partial charge in [-0.2, -0.15) is 0 Å². The van der Waals surface area contributed by atoms with Gasteiger partial charge in [0.05, 0.1) is 22.9 Å². The van der Waals surface area contributed by atoms with E-state index in [0.717, 1.165) is 6.42 Å². The zero-order valence-electron chi connectivity index (χ0n) is 16.4. The van der Waals surface area contributed by atoms with Gasteiger partial charge in [0.1, 0.15) is 11.5 Å². The monoisotopic (exact) mass is 446 g/mol. The predicted molar refractivity (Wildman–Crippen MR) is 114 cm³/mol. The van der Waals surface area contributed by atoms with Crippen LogP contribution in [0.2, 0.25) is 5.02 Å². The summed E-state index contributed by atoms with van der Waals surface area (Å²) < 4.78 is 18.8. The minimum absolute atomic E-state index is 0.0940. The quantitative estimate of drug-likeness (QED) is 0.400.